The molecule has 0 aliphatic carbocycles. The van der Waals surface area contributed by atoms with Gasteiger partial charge in [0.25, 0.3) is 0 Å². The van der Waals surface area contributed by atoms with E-state index < -0.39 is 0 Å². The van der Waals surface area contributed by atoms with E-state index in [9.17, 15) is 4.79 Å². The van der Waals surface area contributed by atoms with Crippen molar-refractivity contribution in [3.05, 3.63) is 53.6 Å². The predicted molar refractivity (Wildman–Crippen MR) is 102 cm³/mol. The van der Waals surface area contributed by atoms with Crippen molar-refractivity contribution >= 4 is 5.97 Å². The molecular formula is C22H30O3. The van der Waals surface area contributed by atoms with Crippen molar-refractivity contribution in [2.75, 3.05) is 0 Å². The molecule has 1 aromatic rings. The van der Waals surface area contributed by atoms with E-state index in [4.69, 9.17) is 9.47 Å². The van der Waals surface area contributed by atoms with E-state index in [2.05, 4.69) is 33.8 Å². The number of carbonyl (C=O) groups excluding carboxylic acids is 1. The normalized spacial score (nSPS) is 22.4. The van der Waals surface area contributed by atoms with Crippen molar-refractivity contribution in [1.29, 1.82) is 0 Å². The van der Waals surface area contributed by atoms with Gasteiger partial charge in [0, 0.05) is 0 Å². The molecule has 0 unspecified atom stereocenters. The molecule has 1 aromatic carbocycles. The number of para-hydroxylation sites is 1. The minimum absolute atomic E-state index is 0.0401. The van der Waals surface area contributed by atoms with Crippen LogP contribution in [0.4, 0.5) is 0 Å². The highest BCUT2D eigenvalue weighted by atomic mass is 16.6. The number of hydrogen-bond donors (Lipinski definition) is 0. The standard InChI is InChI=1S/C22H30O3/c1-17(2)9-8-16-22(4)20(25-22)14-12-18(3)13-15-21(23)24-19-10-6-5-7-11-19/h5-7,9-11,13,20H,8,12,14-16H2,1-4H3/b18-13+/t20-,22-/m1/s1. The molecule has 0 aromatic heterocycles. The highest BCUT2D eigenvalue weighted by molar-refractivity contribution is 5.74. The molecule has 0 bridgehead atoms. The second kappa shape index (κ2) is 9.00. The minimum Gasteiger partial charge on any atom is -0.426 e. The second-order valence-corrected chi connectivity index (χ2v) is 7.32. The van der Waals surface area contributed by atoms with Crippen LogP contribution in [-0.4, -0.2) is 17.7 Å². The van der Waals surface area contributed by atoms with E-state index >= 15 is 0 Å². The molecule has 1 fully saturated rings. The van der Waals surface area contributed by atoms with Crippen molar-refractivity contribution in [2.45, 2.75) is 71.5 Å². The van der Waals surface area contributed by atoms with Crippen molar-refractivity contribution in [2.24, 2.45) is 0 Å². The average molecular weight is 342 g/mol. The molecule has 1 saturated heterocycles. The van der Waals surface area contributed by atoms with E-state index in [1.807, 2.05) is 24.3 Å². The lowest BCUT2D eigenvalue weighted by atomic mass is 9.96. The molecule has 2 rings (SSSR count). The highest BCUT2D eigenvalue weighted by Gasteiger charge is 2.50. The summed E-state index contributed by atoms with van der Waals surface area (Å²) in [7, 11) is 0. The molecule has 0 radical (unpaired) electrons. The average Bonchev–Trinajstić information content (AvgIpc) is 3.21. The van der Waals surface area contributed by atoms with Gasteiger partial charge in [0.15, 0.2) is 0 Å². The van der Waals surface area contributed by atoms with Gasteiger partial charge in [-0.25, -0.2) is 0 Å². The predicted octanol–water partition coefficient (Wildman–Crippen LogP) is 5.61. The minimum atomic E-state index is -0.222. The number of allylic oxidation sites excluding steroid dienone is 3. The van der Waals surface area contributed by atoms with Gasteiger partial charge < -0.3 is 9.47 Å². The topological polar surface area (TPSA) is 38.8 Å². The maximum atomic E-state index is 11.8. The zero-order valence-corrected chi connectivity index (χ0v) is 15.9. The fraction of sp³-hybridized carbons (Fsp3) is 0.500. The van der Waals surface area contributed by atoms with E-state index in [1.165, 1.54) is 11.1 Å². The zero-order valence-electron chi connectivity index (χ0n) is 15.9. The number of carbonyl (C=O) groups is 1. The molecule has 1 aliphatic rings. The molecule has 1 heterocycles. The summed E-state index contributed by atoms with van der Waals surface area (Å²) in [6.07, 6.45) is 9.02. The van der Waals surface area contributed by atoms with Gasteiger partial charge in [0.05, 0.1) is 18.1 Å². The summed E-state index contributed by atoms with van der Waals surface area (Å²) in [5, 5.41) is 0. The smallest absolute Gasteiger partial charge is 0.315 e. The third kappa shape index (κ3) is 6.87. The first-order chi connectivity index (χ1) is 11.9. The Hall–Kier alpha value is -1.87. The zero-order chi connectivity index (χ0) is 18.3. The Morgan fingerprint density at radius 1 is 1.20 bits per heavy atom. The maximum Gasteiger partial charge on any atom is 0.315 e. The van der Waals surface area contributed by atoms with Gasteiger partial charge in [-0.15, -0.1) is 0 Å². The number of esters is 1. The summed E-state index contributed by atoms with van der Waals surface area (Å²) in [4.78, 5) is 11.8. The highest BCUT2D eigenvalue weighted by Crippen LogP contribution is 2.43. The molecule has 3 heteroatoms. The lowest BCUT2D eigenvalue weighted by Crippen LogP contribution is -2.09. The summed E-state index contributed by atoms with van der Waals surface area (Å²) >= 11 is 0. The van der Waals surface area contributed by atoms with Crippen LogP contribution in [0.25, 0.3) is 0 Å². The Morgan fingerprint density at radius 2 is 1.92 bits per heavy atom. The number of hydrogen-bond acceptors (Lipinski definition) is 3. The lowest BCUT2D eigenvalue weighted by Gasteiger charge is -2.05. The number of epoxide rings is 1. The van der Waals surface area contributed by atoms with Gasteiger partial charge in [0.2, 0.25) is 0 Å². The van der Waals surface area contributed by atoms with E-state index in [1.54, 1.807) is 12.1 Å². The van der Waals surface area contributed by atoms with Gasteiger partial charge in [-0.05, 0) is 65.5 Å². The molecule has 0 spiro atoms. The molecule has 0 N–H and O–H groups in total. The van der Waals surface area contributed by atoms with E-state index in [0.29, 0.717) is 18.3 Å². The van der Waals surface area contributed by atoms with Crippen molar-refractivity contribution < 1.29 is 14.3 Å². The molecule has 25 heavy (non-hydrogen) atoms. The summed E-state index contributed by atoms with van der Waals surface area (Å²) in [5.74, 6) is 0.372. The third-order valence-corrected chi connectivity index (χ3v) is 4.62. The Bertz CT molecular complexity index is 626. The van der Waals surface area contributed by atoms with Gasteiger partial charge in [0.1, 0.15) is 5.75 Å². The van der Waals surface area contributed by atoms with E-state index in [-0.39, 0.29) is 11.6 Å². The Balaban J connectivity index is 1.67. The van der Waals surface area contributed by atoms with Gasteiger partial charge >= 0.3 is 5.97 Å². The molecule has 0 amide bonds. The first kappa shape index (κ1) is 19.5. The van der Waals surface area contributed by atoms with Gasteiger partial charge in [-0.3, -0.25) is 4.79 Å². The molecule has 1 aliphatic heterocycles. The first-order valence-corrected chi connectivity index (χ1v) is 9.11. The largest absolute Gasteiger partial charge is 0.426 e. The third-order valence-electron chi connectivity index (χ3n) is 4.62. The number of rotatable bonds is 9. The SMILES string of the molecule is CC(C)=CCC[C@@]1(C)O[C@@H]1CC/C(C)=C/CC(=O)Oc1ccccc1. The molecular weight excluding hydrogens is 312 g/mol. The van der Waals surface area contributed by atoms with Crippen molar-refractivity contribution in [3.8, 4) is 5.75 Å². The van der Waals surface area contributed by atoms with Crippen LogP contribution in [0.2, 0.25) is 0 Å². The van der Waals surface area contributed by atoms with Crippen LogP contribution in [0.3, 0.4) is 0 Å². The summed E-state index contributed by atoms with van der Waals surface area (Å²) in [6, 6.07) is 9.18. The fourth-order valence-corrected chi connectivity index (χ4v) is 2.90. The van der Waals surface area contributed by atoms with Crippen LogP contribution in [0.1, 0.15) is 59.8 Å². The Morgan fingerprint density at radius 3 is 2.60 bits per heavy atom. The van der Waals surface area contributed by atoms with E-state index in [0.717, 1.165) is 25.7 Å². The van der Waals surface area contributed by atoms with Crippen LogP contribution in [0.15, 0.2) is 53.6 Å². The lowest BCUT2D eigenvalue weighted by molar-refractivity contribution is -0.133. The quantitative estimate of drug-likeness (QED) is 0.253. The molecule has 2 atom stereocenters. The van der Waals surface area contributed by atoms with Crippen LogP contribution in [0, 0.1) is 0 Å². The summed E-state index contributed by atoms with van der Waals surface area (Å²) < 4.78 is 11.2. The Kier molecular flexibility index (Phi) is 7.01. The second-order valence-electron chi connectivity index (χ2n) is 7.32. The van der Waals surface area contributed by atoms with Crippen molar-refractivity contribution in [1.82, 2.24) is 0 Å². The fourth-order valence-electron chi connectivity index (χ4n) is 2.90. The first-order valence-electron chi connectivity index (χ1n) is 9.11. The molecule has 136 valence electrons. The van der Waals surface area contributed by atoms with Crippen LogP contribution >= 0.6 is 0 Å². The molecule has 0 saturated carbocycles. The van der Waals surface area contributed by atoms with Gasteiger partial charge in [-0.1, -0.05) is 41.5 Å². The molecule has 3 nitrogen and oxygen atoms in total. The number of ether oxygens (including phenoxy) is 2. The maximum absolute atomic E-state index is 11.8. The van der Waals surface area contributed by atoms with Gasteiger partial charge in [-0.2, -0.15) is 0 Å². The number of benzene rings is 1. The summed E-state index contributed by atoms with van der Waals surface area (Å²) in [5.41, 5.74) is 2.62. The summed E-state index contributed by atoms with van der Waals surface area (Å²) in [6.45, 7) is 8.53. The van der Waals surface area contributed by atoms with Crippen LogP contribution < -0.4 is 4.74 Å². The monoisotopic (exact) mass is 342 g/mol. The van der Waals surface area contributed by atoms with Crippen LogP contribution in [-0.2, 0) is 9.53 Å². The Labute approximate surface area is 151 Å². The van der Waals surface area contributed by atoms with Crippen LogP contribution in [0.5, 0.6) is 5.75 Å². The van der Waals surface area contributed by atoms with Crippen molar-refractivity contribution in [3.63, 3.8) is 0 Å².